The van der Waals surface area contributed by atoms with Gasteiger partial charge in [0.15, 0.2) is 0 Å². The number of anilines is 1. The Morgan fingerprint density at radius 2 is 1.76 bits per heavy atom. The fourth-order valence-corrected chi connectivity index (χ4v) is 2.74. The zero-order valence-electron chi connectivity index (χ0n) is 15.7. The molecule has 2 aromatic rings. The van der Waals surface area contributed by atoms with Crippen molar-refractivity contribution in [3.05, 3.63) is 52.8 Å². The smallest absolute Gasteiger partial charge is 0.265 e. The molecule has 0 aliphatic carbocycles. The Morgan fingerprint density at radius 1 is 1.16 bits per heavy atom. The van der Waals surface area contributed by atoms with Crippen LogP contribution in [0.25, 0.3) is 11.6 Å². The Hall–Kier alpha value is -2.66. The summed E-state index contributed by atoms with van der Waals surface area (Å²) in [5.74, 6) is -0.536. The number of imide groups is 1. The van der Waals surface area contributed by atoms with Gasteiger partial charge in [0.2, 0.25) is 5.91 Å². The quantitative estimate of drug-likeness (QED) is 0.812. The van der Waals surface area contributed by atoms with E-state index in [1.807, 2.05) is 70.2 Å². The van der Waals surface area contributed by atoms with Gasteiger partial charge in [-0.3, -0.25) is 9.59 Å². The average Bonchev–Trinajstić information content (AvgIpc) is 2.96. The first kappa shape index (κ1) is 18.7. The van der Waals surface area contributed by atoms with Crippen LogP contribution in [0.15, 0.2) is 30.3 Å². The molecule has 0 fully saturated rings. The Bertz CT molecular complexity index is 828. The molecule has 0 unspecified atom stereocenters. The summed E-state index contributed by atoms with van der Waals surface area (Å²) in [4.78, 5) is 30.8. The fraction of sp³-hybridized carbons (Fsp3) is 0.300. The highest BCUT2D eigenvalue weighted by Crippen LogP contribution is 2.37. The highest BCUT2D eigenvalue weighted by Gasteiger charge is 2.34. The van der Waals surface area contributed by atoms with Crippen LogP contribution < -0.4 is 4.90 Å². The van der Waals surface area contributed by atoms with Gasteiger partial charge in [-0.05, 0) is 58.8 Å². The van der Waals surface area contributed by atoms with Gasteiger partial charge in [-0.25, -0.2) is 4.90 Å². The van der Waals surface area contributed by atoms with Crippen molar-refractivity contribution in [2.75, 3.05) is 26.0 Å². The number of nitrogens with zero attached hydrogens (tertiary/aromatic N) is 2. The standard InChI is InChI=1S/C17H16N2O2.C3H9N/c1-10-8-11(2)18-15(10)9-14-13-6-4-5-7-16(13)19(12(3)20)17(14)21;1-4(2)3/h4-9,18H,1-3H3;1-3H3/b14-9-;. The molecule has 2 heterocycles. The van der Waals surface area contributed by atoms with Gasteiger partial charge in [-0.2, -0.15) is 0 Å². The number of nitrogens with one attached hydrogen (secondary N) is 1. The number of carbonyl (C=O) groups excluding carboxylic acids is 2. The number of aromatic nitrogens is 1. The van der Waals surface area contributed by atoms with E-state index in [-0.39, 0.29) is 11.8 Å². The maximum atomic E-state index is 12.5. The average molecular weight is 339 g/mol. The minimum atomic E-state index is -0.268. The second-order valence-corrected chi connectivity index (χ2v) is 6.63. The predicted molar refractivity (Wildman–Crippen MR) is 102 cm³/mol. The van der Waals surface area contributed by atoms with E-state index in [9.17, 15) is 9.59 Å². The van der Waals surface area contributed by atoms with Gasteiger partial charge >= 0.3 is 0 Å². The minimum Gasteiger partial charge on any atom is -0.359 e. The summed E-state index contributed by atoms with van der Waals surface area (Å²) in [5.41, 5.74) is 5.02. The highest BCUT2D eigenvalue weighted by molar-refractivity contribution is 6.41. The Balaban J connectivity index is 0.000000511. The van der Waals surface area contributed by atoms with Crippen molar-refractivity contribution in [1.82, 2.24) is 9.88 Å². The number of aryl methyl sites for hydroxylation is 2. The van der Waals surface area contributed by atoms with Gasteiger partial charge in [0.05, 0.1) is 11.3 Å². The summed E-state index contributed by atoms with van der Waals surface area (Å²) in [6, 6.07) is 9.39. The Labute approximate surface area is 149 Å². The van der Waals surface area contributed by atoms with Crippen LogP contribution in [0.1, 0.15) is 29.4 Å². The number of H-pyrrole nitrogens is 1. The van der Waals surface area contributed by atoms with Crippen molar-refractivity contribution in [3.8, 4) is 0 Å². The summed E-state index contributed by atoms with van der Waals surface area (Å²) in [6.07, 6.45) is 1.83. The molecule has 2 amide bonds. The lowest BCUT2D eigenvalue weighted by Gasteiger charge is -2.11. The highest BCUT2D eigenvalue weighted by atomic mass is 16.2. The molecule has 5 heteroatoms. The van der Waals surface area contributed by atoms with Crippen LogP contribution in [-0.4, -0.2) is 42.8 Å². The zero-order valence-corrected chi connectivity index (χ0v) is 15.7. The third kappa shape index (κ3) is 4.06. The van der Waals surface area contributed by atoms with E-state index >= 15 is 0 Å². The molecule has 0 saturated carbocycles. The van der Waals surface area contributed by atoms with E-state index in [4.69, 9.17) is 0 Å². The summed E-state index contributed by atoms with van der Waals surface area (Å²) >= 11 is 0. The van der Waals surface area contributed by atoms with Crippen molar-refractivity contribution in [2.45, 2.75) is 20.8 Å². The molecule has 0 saturated heterocycles. The number of benzene rings is 1. The van der Waals surface area contributed by atoms with Crippen molar-refractivity contribution in [1.29, 1.82) is 0 Å². The molecule has 1 aromatic carbocycles. The molecule has 3 rings (SSSR count). The summed E-state index contributed by atoms with van der Waals surface area (Å²) < 4.78 is 0. The summed E-state index contributed by atoms with van der Waals surface area (Å²) in [6.45, 7) is 5.37. The third-order valence-electron chi connectivity index (χ3n) is 3.66. The Kier molecular flexibility index (Phi) is 5.59. The van der Waals surface area contributed by atoms with Gasteiger partial charge in [0, 0.05) is 23.9 Å². The molecular weight excluding hydrogens is 314 g/mol. The minimum absolute atomic E-state index is 0.268. The fourth-order valence-electron chi connectivity index (χ4n) is 2.74. The maximum Gasteiger partial charge on any atom is 0.265 e. The van der Waals surface area contributed by atoms with Crippen molar-refractivity contribution < 1.29 is 9.59 Å². The molecule has 0 atom stereocenters. The van der Waals surface area contributed by atoms with Crippen LogP contribution in [0.4, 0.5) is 5.69 Å². The van der Waals surface area contributed by atoms with E-state index in [0.29, 0.717) is 11.3 Å². The molecule has 1 aromatic heterocycles. The first-order valence-corrected chi connectivity index (χ1v) is 8.15. The number of carbonyl (C=O) groups is 2. The van der Waals surface area contributed by atoms with Crippen LogP contribution in [0, 0.1) is 13.8 Å². The normalized spacial score (nSPS) is 14.6. The largest absolute Gasteiger partial charge is 0.359 e. The lowest BCUT2D eigenvalue weighted by atomic mass is 10.1. The van der Waals surface area contributed by atoms with Gasteiger partial charge in [-0.1, -0.05) is 18.2 Å². The predicted octanol–water partition coefficient (Wildman–Crippen LogP) is 3.24. The van der Waals surface area contributed by atoms with Gasteiger partial charge in [0.1, 0.15) is 0 Å². The second-order valence-electron chi connectivity index (χ2n) is 6.63. The molecule has 132 valence electrons. The van der Waals surface area contributed by atoms with Gasteiger partial charge in [0.25, 0.3) is 5.91 Å². The first-order chi connectivity index (χ1) is 11.7. The molecule has 1 aliphatic heterocycles. The van der Waals surface area contributed by atoms with Crippen molar-refractivity contribution in [2.24, 2.45) is 0 Å². The molecular formula is C20H25N3O2. The molecule has 1 aliphatic rings. The lowest BCUT2D eigenvalue weighted by Crippen LogP contribution is -2.31. The Morgan fingerprint density at radius 3 is 2.28 bits per heavy atom. The summed E-state index contributed by atoms with van der Waals surface area (Å²) in [5, 5.41) is 0. The number of para-hydroxylation sites is 1. The van der Waals surface area contributed by atoms with E-state index < -0.39 is 0 Å². The van der Waals surface area contributed by atoms with Crippen LogP contribution >= 0.6 is 0 Å². The zero-order chi connectivity index (χ0) is 18.7. The molecule has 5 nitrogen and oxygen atoms in total. The number of fused-ring (bicyclic) bond motifs is 1. The second kappa shape index (κ2) is 7.49. The third-order valence-corrected chi connectivity index (χ3v) is 3.66. The van der Waals surface area contributed by atoms with Crippen molar-refractivity contribution >= 4 is 29.2 Å². The van der Waals surface area contributed by atoms with Crippen LogP contribution in [0.3, 0.4) is 0 Å². The van der Waals surface area contributed by atoms with E-state index in [1.54, 1.807) is 6.07 Å². The summed E-state index contributed by atoms with van der Waals surface area (Å²) in [7, 11) is 6.00. The van der Waals surface area contributed by atoms with Gasteiger partial charge < -0.3 is 9.88 Å². The molecule has 0 bridgehead atoms. The van der Waals surface area contributed by atoms with E-state index in [1.165, 1.54) is 11.8 Å². The monoisotopic (exact) mass is 339 g/mol. The number of amides is 2. The number of aromatic amines is 1. The van der Waals surface area contributed by atoms with Crippen molar-refractivity contribution in [3.63, 3.8) is 0 Å². The molecule has 25 heavy (non-hydrogen) atoms. The number of hydrogen-bond acceptors (Lipinski definition) is 3. The lowest BCUT2D eigenvalue weighted by molar-refractivity contribution is -0.122. The first-order valence-electron chi connectivity index (χ1n) is 8.15. The van der Waals surface area contributed by atoms with Gasteiger partial charge in [-0.15, -0.1) is 0 Å². The van der Waals surface area contributed by atoms with E-state index in [2.05, 4.69) is 4.98 Å². The van der Waals surface area contributed by atoms with Crippen LogP contribution in [0.2, 0.25) is 0 Å². The van der Waals surface area contributed by atoms with E-state index in [0.717, 1.165) is 22.5 Å². The SMILES string of the molecule is CC(=O)N1C(=O)/C(=C\c2[nH]c(C)cc2C)c2ccccc21.CN(C)C. The number of hydrogen-bond donors (Lipinski definition) is 1. The molecule has 1 N–H and O–H groups in total. The number of rotatable bonds is 1. The van der Waals surface area contributed by atoms with Crippen LogP contribution in [-0.2, 0) is 9.59 Å². The maximum absolute atomic E-state index is 12.5. The molecule has 0 radical (unpaired) electrons. The molecule has 0 spiro atoms. The topological polar surface area (TPSA) is 56.4 Å². The van der Waals surface area contributed by atoms with Crippen LogP contribution in [0.5, 0.6) is 0 Å².